The first-order valence-corrected chi connectivity index (χ1v) is 13.1. The Morgan fingerprint density at radius 1 is 0.895 bits per heavy atom. The van der Waals surface area contributed by atoms with Gasteiger partial charge in [0.25, 0.3) is 0 Å². The van der Waals surface area contributed by atoms with E-state index in [1.54, 1.807) is 6.08 Å². The van der Waals surface area contributed by atoms with E-state index in [-0.39, 0.29) is 11.8 Å². The second-order valence-electron chi connectivity index (χ2n) is 9.93. The largest absolute Gasteiger partial charge is 0.466 e. The van der Waals surface area contributed by atoms with Crippen LogP contribution < -0.4 is 9.80 Å². The van der Waals surface area contributed by atoms with Crippen LogP contribution in [0.3, 0.4) is 0 Å². The van der Waals surface area contributed by atoms with E-state index >= 15 is 0 Å². The Morgan fingerprint density at radius 2 is 1.53 bits per heavy atom. The Bertz CT molecular complexity index is 1260. The molecule has 1 unspecified atom stereocenters. The lowest BCUT2D eigenvalue weighted by Crippen LogP contribution is -2.40. The molecule has 1 saturated carbocycles. The summed E-state index contributed by atoms with van der Waals surface area (Å²) >= 11 is 0. The summed E-state index contributed by atoms with van der Waals surface area (Å²) < 4.78 is 4.69. The Balaban J connectivity index is 1.63. The molecule has 198 valence electrons. The van der Waals surface area contributed by atoms with E-state index in [9.17, 15) is 14.7 Å². The second-order valence-corrected chi connectivity index (χ2v) is 9.93. The predicted octanol–water partition coefficient (Wildman–Crippen LogP) is 6.21. The van der Waals surface area contributed by atoms with Crippen LogP contribution in [-0.2, 0) is 14.3 Å². The number of methoxy groups -OCH3 is 1. The van der Waals surface area contributed by atoms with Crippen molar-refractivity contribution >= 4 is 29.3 Å². The van der Waals surface area contributed by atoms with Gasteiger partial charge in [0.2, 0.25) is 5.91 Å². The first-order valence-electron chi connectivity index (χ1n) is 13.1. The third-order valence-corrected chi connectivity index (χ3v) is 7.12. The van der Waals surface area contributed by atoms with Gasteiger partial charge in [0.05, 0.1) is 7.11 Å². The number of rotatable bonds is 8. The Morgan fingerprint density at radius 3 is 2.13 bits per heavy atom. The number of carbonyl (C=O) groups is 2. The number of carbonyl (C=O) groups excluding carboxylic acids is 2. The number of nitrogens with zero attached hydrogens (tertiary/aromatic N) is 2. The number of aliphatic hydroxyl groups excluding tert-OH is 1. The molecular formula is C32H36N2O4. The fraction of sp³-hybridized carbons (Fsp3) is 0.312. The molecule has 6 heteroatoms. The summed E-state index contributed by atoms with van der Waals surface area (Å²) in [5, 5.41) is 11.5. The van der Waals surface area contributed by atoms with E-state index in [0.717, 1.165) is 54.5 Å². The van der Waals surface area contributed by atoms with Gasteiger partial charge in [0.1, 0.15) is 0 Å². The minimum absolute atomic E-state index is 0.0744. The van der Waals surface area contributed by atoms with Crippen LogP contribution in [0.5, 0.6) is 0 Å². The van der Waals surface area contributed by atoms with Gasteiger partial charge in [0, 0.05) is 43.0 Å². The Labute approximate surface area is 225 Å². The highest BCUT2D eigenvalue weighted by Gasteiger charge is 2.31. The monoisotopic (exact) mass is 512 g/mol. The average Bonchev–Trinajstić information content (AvgIpc) is 2.96. The van der Waals surface area contributed by atoms with Gasteiger partial charge in [-0.15, -0.1) is 0 Å². The number of amides is 1. The summed E-state index contributed by atoms with van der Waals surface area (Å²) in [6, 6.07) is 23.3. The molecule has 0 aliphatic heterocycles. The zero-order valence-corrected chi connectivity index (χ0v) is 22.3. The summed E-state index contributed by atoms with van der Waals surface area (Å²) in [6.07, 6.45) is 6.66. The number of hydrogen-bond donors (Lipinski definition) is 1. The van der Waals surface area contributed by atoms with E-state index in [2.05, 4.69) is 33.9 Å². The molecule has 0 heterocycles. The predicted molar refractivity (Wildman–Crippen MR) is 153 cm³/mol. The molecule has 3 aromatic carbocycles. The fourth-order valence-electron chi connectivity index (χ4n) is 4.89. The van der Waals surface area contributed by atoms with E-state index in [0.29, 0.717) is 11.3 Å². The van der Waals surface area contributed by atoms with Gasteiger partial charge in [-0.25, -0.2) is 4.79 Å². The molecule has 0 saturated heterocycles. The van der Waals surface area contributed by atoms with Gasteiger partial charge in [-0.2, -0.15) is 0 Å². The highest BCUT2D eigenvalue weighted by atomic mass is 16.5. The molecule has 0 radical (unpaired) electrons. The zero-order valence-electron chi connectivity index (χ0n) is 22.3. The van der Waals surface area contributed by atoms with Crippen LogP contribution in [-0.4, -0.2) is 38.2 Å². The number of aliphatic hydroxyl groups is 1. The molecule has 6 nitrogen and oxygen atoms in total. The number of hydrogen-bond acceptors (Lipinski definition) is 5. The third kappa shape index (κ3) is 6.50. The first-order chi connectivity index (χ1) is 18.4. The van der Waals surface area contributed by atoms with Crippen molar-refractivity contribution in [1.82, 2.24) is 0 Å². The van der Waals surface area contributed by atoms with Gasteiger partial charge in [-0.3, -0.25) is 9.69 Å². The Hall–Kier alpha value is -3.90. The Kier molecular flexibility index (Phi) is 8.98. The van der Waals surface area contributed by atoms with Crippen molar-refractivity contribution in [2.75, 3.05) is 31.0 Å². The number of benzene rings is 3. The van der Waals surface area contributed by atoms with E-state index in [1.165, 1.54) is 18.1 Å². The third-order valence-electron chi connectivity index (χ3n) is 7.12. The smallest absolute Gasteiger partial charge is 0.330 e. The summed E-state index contributed by atoms with van der Waals surface area (Å²) in [7, 11) is 5.35. The lowest BCUT2D eigenvalue weighted by Gasteiger charge is -2.33. The molecule has 1 amide bonds. The van der Waals surface area contributed by atoms with Crippen LogP contribution in [0.25, 0.3) is 17.2 Å². The van der Waals surface area contributed by atoms with Crippen molar-refractivity contribution in [2.45, 2.75) is 38.3 Å². The lowest BCUT2D eigenvalue weighted by atomic mass is 9.88. The molecule has 1 N–H and O–H groups in total. The van der Waals surface area contributed by atoms with Crippen molar-refractivity contribution in [1.29, 1.82) is 0 Å². The summed E-state index contributed by atoms with van der Waals surface area (Å²) in [5.74, 6) is -0.654. The van der Waals surface area contributed by atoms with Gasteiger partial charge in [-0.05, 0) is 59.9 Å². The van der Waals surface area contributed by atoms with Crippen molar-refractivity contribution in [3.05, 3.63) is 90.0 Å². The minimum atomic E-state index is -1.14. The maximum absolute atomic E-state index is 13.8. The minimum Gasteiger partial charge on any atom is -0.466 e. The molecule has 3 aromatic rings. The summed E-state index contributed by atoms with van der Waals surface area (Å²) in [6.45, 7) is 0. The molecule has 1 atom stereocenters. The topological polar surface area (TPSA) is 70.1 Å². The number of ether oxygens (including phenoxy) is 1. The molecule has 4 rings (SSSR count). The maximum atomic E-state index is 13.8. The second kappa shape index (κ2) is 12.6. The molecule has 0 bridgehead atoms. The van der Waals surface area contributed by atoms with Crippen LogP contribution in [0.1, 0.15) is 49.5 Å². The summed E-state index contributed by atoms with van der Waals surface area (Å²) in [5.41, 5.74) is 5.20. The standard InChI is InChI=1S/C32H36N2O4/c1-33(2)28-19-17-25(18-20-28)24-13-15-27(16-14-24)32(37)34(31(36)26-9-5-4-6-10-26)29-11-7-8-23(22-29)12-21-30(35)38-3/h7-8,11-22,26,32,37H,4-6,9-10H2,1-3H3/b21-12+. The number of esters is 1. The van der Waals surface area contributed by atoms with Crippen LogP contribution in [0.15, 0.2) is 78.9 Å². The van der Waals surface area contributed by atoms with Gasteiger partial charge >= 0.3 is 5.97 Å². The van der Waals surface area contributed by atoms with E-state index in [1.807, 2.05) is 62.6 Å². The normalized spacial score (nSPS) is 14.7. The van der Waals surface area contributed by atoms with E-state index in [4.69, 9.17) is 0 Å². The van der Waals surface area contributed by atoms with Crippen molar-refractivity contribution in [2.24, 2.45) is 5.92 Å². The lowest BCUT2D eigenvalue weighted by molar-refractivity contribution is -0.134. The van der Waals surface area contributed by atoms with Crippen LogP contribution in [0, 0.1) is 5.92 Å². The molecule has 1 fully saturated rings. The fourth-order valence-corrected chi connectivity index (χ4v) is 4.89. The van der Waals surface area contributed by atoms with Crippen LogP contribution in [0.4, 0.5) is 11.4 Å². The SMILES string of the molecule is COC(=O)/C=C/c1cccc(N(C(=O)C2CCCCC2)C(O)c2ccc(-c3ccc(N(C)C)cc3)cc2)c1. The average molecular weight is 513 g/mol. The molecule has 38 heavy (non-hydrogen) atoms. The van der Waals surface area contributed by atoms with E-state index < -0.39 is 12.2 Å². The van der Waals surface area contributed by atoms with Crippen LogP contribution >= 0.6 is 0 Å². The molecule has 0 spiro atoms. The van der Waals surface area contributed by atoms with Gasteiger partial charge < -0.3 is 14.7 Å². The summed E-state index contributed by atoms with van der Waals surface area (Å²) in [4.78, 5) is 28.9. The van der Waals surface area contributed by atoms with Crippen molar-refractivity contribution < 1.29 is 19.4 Å². The number of anilines is 2. The molecule has 0 aromatic heterocycles. The molecular weight excluding hydrogens is 476 g/mol. The quantitative estimate of drug-likeness (QED) is 0.221. The van der Waals surface area contributed by atoms with Crippen molar-refractivity contribution in [3.8, 4) is 11.1 Å². The van der Waals surface area contributed by atoms with Gasteiger partial charge in [0.15, 0.2) is 6.23 Å². The zero-order chi connectivity index (χ0) is 27.1. The molecule has 1 aliphatic rings. The molecule has 1 aliphatic carbocycles. The maximum Gasteiger partial charge on any atom is 0.330 e. The highest BCUT2D eigenvalue weighted by Crippen LogP contribution is 2.34. The van der Waals surface area contributed by atoms with Crippen LogP contribution in [0.2, 0.25) is 0 Å². The highest BCUT2D eigenvalue weighted by molar-refractivity contribution is 5.96. The van der Waals surface area contributed by atoms with Gasteiger partial charge in [-0.1, -0.05) is 67.8 Å². The van der Waals surface area contributed by atoms with Crippen molar-refractivity contribution in [3.63, 3.8) is 0 Å². The first kappa shape index (κ1) is 27.1.